The van der Waals surface area contributed by atoms with Crippen LogP contribution in [-0.4, -0.2) is 37.8 Å². The number of carbonyl (C=O) groups is 1. The average Bonchev–Trinajstić information content (AvgIpc) is 2.37. The fourth-order valence-electron chi connectivity index (χ4n) is 2.16. The van der Waals surface area contributed by atoms with Crippen LogP contribution in [0.25, 0.3) is 0 Å². The number of hydrogen-bond donors (Lipinski definition) is 2. The molecule has 1 aromatic carbocycles. The average molecular weight is 394 g/mol. The second-order valence-electron chi connectivity index (χ2n) is 5.32. The Labute approximate surface area is 145 Å². The van der Waals surface area contributed by atoms with E-state index < -0.39 is 0 Å². The van der Waals surface area contributed by atoms with Gasteiger partial charge < -0.3 is 20.1 Å². The van der Waals surface area contributed by atoms with Gasteiger partial charge in [-0.05, 0) is 26.0 Å². The summed E-state index contributed by atoms with van der Waals surface area (Å²) in [7, 11) is 0. The molecule has 1 unspecified atom stereocenters. The number of rotatable bonds is 5. The van der Waals surface area contributed by atoms with Crippen LogP contribution in [0.5, 0.6) is 5.75 Å². The Bertz CT molecular complexity index is 494. The smallest absolute Gasteiger partial charge is 0.226 e. The lowest BCUT2D eigenvalue weighted by Gasteiger charge is -2.23. The predicted molar refractivity (Wildman–Crippen MR) is 93.0 cm³/mol. The molecule has 1 aliphatic rings. The molecule has 1 heterocycles. The highest BCUT2D eigenvalue weighted by Crippen LogP contribution is 2.25. The van der Waals surface area contributed by atoms with Gasteiger partial charge in [-0.1, -0.05) is 15.9 Å². The van der Waals surface area contributed by atoms with Crippen molar-refractivity contribution < 1.29 is 14.3 Å². The molecule has 22 heavy (non-hydrogen) atoms. The molecule has 7 heteroatoms. The van der Waals surface area contributed by atoms with Gasteiger partial charge in [0.2, 0.25) is 5.91 Å². The van der Waals surface area contributed by atoms with Gasteiger partial charge in [-0.3, -0.25) is 4.79 Å². The van der Waals surface area contributed by atoms with Crippen LogP contribution in [0, 0.1) is 0 Å². The summed E-state index contributed by atoms with van der Waals surface area (Å²) in [5.74, 6) is 0.695. The van der Waals surface area contributed by atoms with Gasteiger partial charge >= 0.3 is 0 Å². The molecule has 2 rings (SSSR count). The van der Waals surface area contributed by atoms with Crippen molar-refractivity contribution in [2.45, 2.75) is 32.4 Å². The molecular weight excluding hydrogens is 372 g/mol. The van der Waals surface area contributed by atoms with E-state index in [9.17, 15) is 4.79 Å². The van der Waals surface area contributed by atoms with E-state index >= 15 is 0 Å². The maximum absolute atomic E-state index is 12.1. The van der Waals surface area contributed by atoms with Crippen molar-refractivity contribution in [1.82, 2.24) is 5.32 Å². The second kappa shape index (κ2) is 9.35. The number of halogens is 2. The maximum Gasteiger partial charge on any atom is 0.226 e. The third-order valence-corrected chi connectivity index (χ3v) is 3.41. The van der Waals surface area contributed by atoms with E-state index in [0.717, 1.165) is 22.5 Å². The molecular formula is C15H22BrClN2O3. The Morgan fingerprint density at radius 1 is 1.50 bits per heavy atom. The summed E-state index contributed by atoms with van der Waals surface area (Å²) in [6, 6.07) is 5.65. The quantitative estimate of drug-likeness (QED) is 0.807. The molecule has 0 bridgehead atoms. The number of morpholine rings is 1. The Morgan fingerprint density at radius 3 is 2.91 bits per heavy atom. The van der Waals surface area contributed by atoms with Crippen molar-refractivity contribution in [3.05, 3.63) is 22.7 Å². The summed E-state index contributed by atoms with van der Waals surface area (Å²) in [6.07, 6.45) is 0.485. The number of carbonyl (C=O) groups excluding carboxylic acids is 1. The van der Waals surface area contributed by atoms with Gasteiger partial charge in [0.25, 0.3) is 0 Å². The molecule has 124 valence electrons. The Hall–Kier alpha value is -0.820. The van der Waals surface area contributed by atoms with Gasteiger partial charge in [-0.2, -0.15) is 0 Å². The largest absolute Gasteiger partial charge is 0.491 e. The summed E-state index contributed by atoms with van der Waals surface area (Å²) >= 11 is 3.43. The first-order valence-corrected chi connectivity index (χ1v) is 7.90. The Morgan fingerprint density at radius 2 is 2.27 bits per heavy atom. The summed E-state index contributed by atoms with van der Waals surface area (Å²) in [6.45, 7) is 6.01. The van der Waals surface area contributed by atoms with E-state index in [0.29, 0.717) is 19.6 Å². The molecule has 1 fully saturated rings. The summed E-state index contributed by atoms with van der Waals surface area (Å²) in [5, 5.41) is 6.16. The van der Waals surface area contributed by atoms with Gasteiger partial charge in [0.05, 0.1) is 19.3 Å². The van der Waals surface area contributed by atoms with Gasteiger partial charge in [-0.25, -0.2) is 0 Å². The van der Waals surface area contributed by atoms with E-state index in [2.05, 4.69) is 26.6 Å². The number of ether oxygens (including phenoxy) is 2. The van der Waals surface area contributed by atoms with Crippen molar-refractivity contribution in [2.75, 3.05) is 25.1 Å². The van der Waals surface area contributed by atoms with Crippen molar-refractivity contribution in [1.29, 1.82) is 0 Å². The number of nitrogens with one attached hydrogen (secondary N) is 2. The lowest BCUT2D eigenvalue weighted by Crippen LogP contribution is -2.43. The zero-order valence-electron chi connectivity index (χ0n) is 12.7. The second-order valence-corrected chi connectivity index (χ2v) is 6.24. The van der Waals surface area contributed by atoms with Gasteiger partial charge in [0, 0.05) is 35.2 Å². The summed E-state index contributed by atoms with van der Waals surface area (Å²) in [4.78, 5) is 12.1. The van der Waals surface area contributed by atoms with Crippen LogP contribution in [0.15, 0.2) is 22.7 Å². The monoisotopic (exact) mass is 392 g/mol. The summed E-state index contributed by atoms with van der Waals surface area (Å²) in [5.41, 5.74) is 0.724. The number of hydrogen-bond acceptors (Lipinski definition) is 4. The van der Waals surface area contributed by atoms with Crippen LogP contribution in [0.2, 0.25) is 0 Å². The first-order valence-electron chi connectivity index (χ1n) is 7.11. The highest BCUT2D eigenvalue weighted by Gasteiger charge is 2.17. The Kier molecular flexibility index (Phi) is 8.17. The first-order chi connectivity index (χ1) is 10.0. The van der Waals surface area contributed by atoms with Gasteiger partial charge in [0.15, 0.2) is 0 Å². The fraction of sp³-hybridized carbons (Fsp3) is 0.533. The SMILES string of the molecule is CC(C)Oc1cc(Br)cc(NC(=O)CC2COCCN2)c1.Cl. The minimum absolute atomic E-state index is 0. The van der Waals surface area contributed by atoms with Gasteiger partial charge in [-0.15, -0.1) is 12.4 Å². The molecule has 0 saturated carbocycles. The highest BCUT2D eigenvalue weighted by molar-refractivity contribution is 9.10. The number of benzene rings is 1. The molecule has 5 nitrogen and oxygen atoms in total. The van der Waals surface area contributed by atoms with Crippen LogP contribution in [0.4, 0.5) is 5.69 Å². The molecule has 0 radical (unpaired) electrons. The molecule has 0 aliphatic carbocycles. The molecule has 1 saturated heterocycles. The van der Waals surface area contributed by atoms with E-state index in [4.69, 9.17) is 9.47 Å². The molecule has 2 N–H and O–H groups in total. The topological polar surface area (TPSA) is 59.6 Å². The van der Waals surface area contributed by atoms with Crippen LogP contribution in [0.3, 0.4) is 0 Å². The minimum atomic E-state index is -0.0356. The van der Waals surface area contributed by atoms with Crippen LogP contribution < -0.4 is 15.4 Å². The van der Waals surface area contributed by atoms with Crippen LogP contribution in [-0.2, 0) is 9.53 Å². The maximum atomic E-state index is 12.1. The van der Waals surface area contributed by atoms with Crippen LogP contribution >= 0.6 is 28.3 Å². The van der Waals surface area contributed by atoms with E-state index in [1.165, 1.54) is 0 Å². The zero-order chi connectivity index (χ0) is 15.2. The van der Waals surface area contributed by atoms with Gasteiger partial charge in [0.1, 0.15) is 5.75 Å². The molecule has 1 amide bonds. The summed E-state index contributed by atoms with van der Waals surface area (Å²) < 4.78 is 11.9. The zero-order valence-corrected chi connectivity index (χ0v) is 15.1. The number of amides is 1. The molecule has 1 atom stereocenters. The first kappa shape index (κ1) is 19.2. The van der Waals surface area contributed by atoms with Crippen molar-refractivity contribution in [2.24, 2.45) is 0 Å². The minimum Gasteiger partial charge on any atom is -0.491 e. The fourth-order valence-corrected chi connectivity index (χ4v) is 2.63. The van der Waals surface area contributed by atoms with E-state index in [1.807, 2.05) is 32.0 Å². The third kappa shape index (κ3) is 6.52. The standard InChI is InChI=1S/C15H21BrN2O3.ClH/c1-10(2)21-14-6-11(16)5-12(7-14)18-15(19)8-13-9-20-4-3-17-13;/h5-7,10,13,17H,3-4,8-9H2,1-2H3,(H,18,19);1H. The molecule has 0 spiro atoms. The third-order valence-electron chi connectivity index (χ3n) is 2.96. The van der Waals surface area contributed by atoms with Crippen molar-refractivity contribution in [3.63, 3.8) is 0 Å². The molecule has 1 aromatic rings. The number of anilines is 1. The highest BCUT2D eigenvalue weighted by atomic mass is 79.9. The van der Waals surface area contributed by atoms with E-state index in [-0.39, 0.29) is 30.5 Å². The van der Waals surface area contributed by atoms with E-state index in [1.54, 1.807) is 0 Å². The molecule has 1 aliphatic heterocycles. The van der Waals surface area contributed by atoms with Crippen molar-refractivity contribution in [3.8, 4) is 5.75 Å². The lowest BCUT2D eigenvalue weighted by molar-refractivity contribution is -0.117. The Balaban J connectivity index is 0.00000242. The lowest BCUT2D eigenvalue weighted by atomic mass is 10.2. The van der Waals surface area contributed by atoms with Crippen LogP contribution in [0.1, 0.15) is 20.3 Å². The van der Waals surface area contributed by atoms with Crippen molar-refractivity contribution >= 4 is 39.9 Å². The predicted octanol–water partition coefficient (Wildman–Crippen LogP) is 2.98. The normalized spacial score (nSPS) is 17.7. The molecule has 0 aromatic heterocycles.